The summed E-state index contributed by atoms with van der Waals surface area (Å²) in [5.41, 5.74) is 4.26. The third-order valence-corrected chi connectivity index (χ3v) is 4.75. The second-order valence-electron chi connectivity index (χ2n) is 7.07. The zero-order valence-corrected chi connectivity index (χ0v) is 17.3. The molecule has 2 aromatic heterocycles. The first kappa shape index (κ1) is 20.6. The van der Waals surface area contributed by atoms with E-state index >= 15 is 0 Å². The number of fused-ring (bicyclic) bond motifs is 1. The van der Waals surface area contributed by atoms with Crippen molar-refractivity contribution in [3.05, 3.63) is 76.7 Å². The van der Waals surface area contributed by atoms with Crippen molar-refractivity contribution in [1.82, 2.24) is 15.0 Å². The highest BCUT2D eigenvalue weighted by Crippen LogP contribution is 2.33. The minimum absolute atomic E-state index is 0.0411. The lowest BCUT2D eigenvalue weighted by molar-refractivity contribution is 0.461. The van der Waals surface area contributed by atoms with E-state index in [9.17, 15) is 4.39 Å². The fourth-order valence-electron chi connectivity index (χ4n) is 3.33. The van der Waals surface area contributed by atoms with Gasteiger partial charge in [-0.3, -0.25) is 0 Å². The molecule has 0 aliphatic heterocycles. The van der Waals surface area contributed by atoms with E-state index in [0.29, 0.717) is 28.4 Å². The molecule has 0 radical (unpaired) electrons. The van der Waals surface area contributed by atoms with Crippen molar-refractivity contribution in [1.29, 1.82) is 10.5 Å². The molecule has 32 heavy (non-hydrogen) atoms. The summed E-state index contributed by atoms with van der Waals surface area (Å²) in [6, 6.07) is 13.6. The number of benzene rings is 2. The van der Waals surface area contributed by atoms with Gasteiger partial charge in [0.15, 0.2) is 0 Å². The van der Waals surface area contributed by atoms with Gasteiger partial charge in [-0.05, 0) is 73.0 Å². The van der Waals surface area contributed by atoms with Gasteiger partial charge in [-0.2, -0.15) is 15.5 Å². The zero-order chi connectivity index (χ0) is 22.7. The maximum atomic E-state index is 14.0. The standard InChI is InChI=1S/C24H17FN6O/c1-14-10-16(4-3-8-26)11-15(2)22(14)32-23-21-20(7-9-28-21)30-24(31-23)29-18-6-5-17(13-27)19(25)12-18/h3-7,9-12,28H,1-2H3,(H,29,30,31)/b4-3+. The molecule has 0 bridgehead atoms. The summed E-state index contributed by atoms with van der Waals surface area (Å²) in [6.07, 6.45) is 4.88. The van der Waals surface area contributed by atoms with Gasteiger partial charge < -0.3 is 15.0 Å². The Morgan fingerprint density at radius 1 is 1.09 bits per heavy atom. The summed E-state index contributed by atoms with van der Waals surface area (Å²) in [5.74, 6) is 0.542. The Labute approximate surface area is 183 Å². The number of allylic oxidation sites excluding steroid dienone is 1. The lowest BCUT2D eigenvalue weighted by atomic mass is 10.1. The van der Waals surface area contributed by atoms with Crippen molar-refractivity contribution < 1.29 is 9.13 Å². The zero-order valence-electron chi connectivity index (χ0n) is 17.3. The Morgan fingerprint density at radius 3 is 2.56 bits per heavy atom. The number of nitrogens with one attached hydrogen (secondary N) is 2. The second-order valence-corrected chi connectivity index (χ2v) is 7.07. The molecule has 7 nitrogen and oxygen atoms in total. The SMILES string of the molecule is Cc1cc(/C=C/C#N)cc(C)c1Oc1nc(Nc2ccc(C#N)c(F)c2)nc2cc[nH]c12. The van der Waals surface area contributed by atoms with E-state index in [1.807, 2.05) is 32.0 Å². The number of ether oxygens (including phenoxy) is 1. The molecule has 4 rings (SSSR count). The first-order chi connectivity index (χ1) is 15.5. The second kappa shape index (κ2) is 8.58. The number of rotatable bonds is 5. The fraction of sp³-hybridized carbons (Fsp3) is 0.0833. The predicted octanol–water partition coefficient (Wildman–Crippen LogP) is 5.66. The topological polar surface area (TPSA) is 110 Å². The Bertz CT molecular complexity index is 1420. The van der Waals surface area contributed by atoms with Crippen molar-refractivity contribution in [3.63, 3.8) is 0 Å². The molecule has 4 aromatic rings. The van der Waals surface area contributed by atoms with Crippen LogP contribution in [0.5, 0.6) is 11.6 Å². The number of H-pyrrole nitrogens is 1. The van der Waals surface area contributed by atoms with Crippen LogP contribution in [0, 0.1) is 42.3 Å². The van der Waals surface area contributed by atoms with Crippen molar-refractivity contribution in [2.24, 2.45) is 0 Å². The maximum absolute atomic E-state index is 14.0. The van der Waals surface area contributed by atoms with E-state index in [1.165, 1.54) is 18.2 Å². The van der Waals surface area contributed by atoms with Gasteiger partial charge in [0.1, 0.15) is 23.2 Å². The number of hydrogen-bond donors (Lipinski definition) is 2. The smallest absolute Gasteiger partial charge is 0.248 e. The number of aryl methyl sites for hydroxylation is 2. The van der Waals surface area contributed by atoms with Crippen LogP contribution in [0.4, 0.5) is 16.0 Å². The summed E-state index contributed by atoms with van der Waals surface area (Å²) in [4.78, 5) is 12.0. The normalized spacial score (nSPS) is 10.8. The van der Waals surface area contributed by atoms with E-state index in [1.54, 1.807) is 30.5 Å². The van der Waals surface area contributed by atoms with Gasteiger partial charge in [0.25, 0.3) is 0 Å². The number of hydrogen-bond acceptors (Lipinski definition) is 6. The van der Waals surface area contributed by atoms with Gasteiger partial charge in [0.2, 0.25) is 11.8 Å². The molecule has 2 heterocycles. The number of aromatic nitrogens is 3. The van der Waals surface area contributed by atoms with Gasteiger partial charge in [-0.25, -0.2) is 9.37 Å². The Hall–Kier alpha value is -4.69. The van der Waals surface area contributed by atoms with Crippen LogP contribution in [-0.4, -0.2) is 15.0 Å². The monoisotopic (exact) mass is 424 g/mol. The average Bonchev–Trinajstić information content (AvgIpc) is 3.24. The number of nitrogens with zero attached hydrogens (tertiary/aromatic N) is 4. The molecule has 0 fully saturated rings. The Kier molecular flexibility index (Phi) is 5.52. The largest absolute Gasteiger partial charge is 0.436 e. The van der Waals surface area contributed by atoms with Gasteiger partial charge >= 0.3 is 0 Å². The van der Waals surface area contributed by atoms with Crippen LogP contribution < -0.4 is 10.1 Å². The van der Waals surface area contributed by atoms with Crippen LogP contribution in [0.2, 0.25) is 0 Å². The van der Waals surface area contributed by atoms with E-state index < -0.39 is 5.82 Å². The molecule has 0 saturated heterocycles. The highest BCUT2D eigenvalue weighted by molar-refractivity contribution is 5.82. The van der Waals surface area contributed by atoms with Crippen LogP contribution in [0.3, 0.4) is 0 Å². The molecule has 0 aliphatic rings. The average molecular weight is 424 g/mol. The minimum Gasteiger partial charge on any atom is -0.436 e. The molecule has 0 spiro atoms. The third-order valence-electron chi connectivity index (χ3n) is 4.75. The highest BCUT2D eigenvalue weighted by atomic mass is 19.1. The van der Waals surface area contributed by atoms with Crippen molar-refractivity contribution in [2.45, 2.75) is 13.8 Å². The van der Waals surface area contributed by atoms with E-state index in [0.717, 1.165) is 16.7 Å². The summed E-state index contributed by atoms with van der Waals surface area (Å²) in [5, 5.41) is 20.6. The summed E-state index contributed by atoms with van der Waals surface area (Å²) in [6.45, 7) is 3.83. The summed E-state index contributed by atoms with van der Waals surface area (Å²) < 4.78 is 20.1. The molecule has 0 amide bonds. The first-order valence-corrected chi connectivity index (χ1v) is 9.65. The Morgan fingerprint density at radius 2 is 1.88 bits per heavy atom. The third kappa shape index (κ3) is 4.11. The van der Waals surface area contributed by atoms with Crippen molar-refractivity contribution in [3.8, 4) is 23.8 Å². The minimum atomic E-state index is -0.631. The quantitative estimate of drug-likeness (QED) is 0.400. The van der Waals surface area contributed by atoms with Gasteiger partial charge in [-0.15, -0.1) is 0 Å². The molecule has 156 valence electrons. The first-order valence-electron chi connectivity index (χ1n) is 9.65. The number of anilines is 2. The van der Waals surface area contributed by atoms with Crippen LogP contribution in [0.25, 0.3) is 17.1 Å². The van der Waals surface area contributed by atoms with Gasteiger partial charge in [-0.1, -0.05) is 0 Å². The highest BCUT2D eigenvalue weighted by Gasteiger charge is 2.15. The molecule has 0 atom stereocenters. The lowest BCUT2D eigenvalue weighted by Crippen LogP contribution is -2.01. The molecule has 0 unspecified atom stereocenters. The maximum Gasteiger partial charge on any atom is 0.248 e. The molecule has 2 aromatic carbocycles. The molecule has 0 aliphatic carbocycles. The number of halogens is 1. The number of aromatic amines is 1. The molecular formula is C24H17FN6O. The van der Waals surface area contributed by atoms with Crippen LogP contribution in [-0.2, 0) is 0 Å². The van der Waals surface area contributed by atoms with Crippen molar-refractivity contribution in [2.75, 3.05) is 5.32 Å². The predicted molar refractivity (Wildman–Crippen MR) is 119 cm³/mol. The summed E-state index contributed by atoms with van der Waals surface area (Å²) >= 11 is 0. The molecular weight excluding hydrogens is 407 g/mol. The lowest BCUT2D eigenvalue weighted by Gasteiger charge is -2.14. The van der Waals surface area contributed by atoms with Gasteiger partial charge in [0.05, 0.1) is 17.1 Å². The number of nitriles is 2. The van der Waals surface area contributed by atoms with Crippen LogP contribution in [0.15, 0.2) is 48.7 Å². The fourth-order valence-corrected chi connectivity index (χ4v) is 3.33. The van der Waals surface area contributed by atoms with Crippen LogP contribution in [0.1, 0.15) is 22.3 Å². The molecule has 8 heteroatoms. The van der Waals surface area contributed by atoms with Gasteiger partial charge in [0, 0.05) is 18.0 Å². The molecule has 0 saturated carbocycles. The molecule has 2 N–H and O–H groups in total. The van der Waals surface area contributed by atoms with E-state index in [2.05, 4.69) is 20.3 Å². The van der Waals surface area contributed by atoms with E-state index in [-0.39, 0.29) is 11.5 Å². The Balaban J connectivity index is 1.70. The van der Waals surface area contributed by atoms with Crippen molar-refractivity contribution >= 4 is 28.7 Å². The summed E-state index contributed by atoms with van der Waals surface area (Å²) in [7, 11) is 0. The van der Waals surface area contributed by atoms with E-state index in [4.69, 9.17) is 15.3 Å². The van der Waals surface area contributed by atoms with Crippen LogP contribution >= 0.6 is 0 Å².